The van der Waals surface area contributed by atoms with Gasteiger partial charge in [-0.1, -0.05) is 12.1 Å². The van der Waals surface area contributed by atoms with Gasteiger partial charge in [-0.2, -0.15) is 0 Å². The number of nitrogens with zero attached hydrogens (tertiary/aromatic N) is 1. The fourth-order valence-electron chi connectivity index (χ4n) is 3.46. The summed E-state index contributed by atoms with van der Waals surface area (Å²) >= 11 is 0. The van der Waals surface area contributed by atoms with Crippen molar-refractivity contribution in [1.29, 1.82) is 0 Å². The van der Waals surface area contributed by atoms with Crippen molar-refractivity contribution in [2.24, 2.45) is 5.73 Å². The van der Waals surface area contributed by atoms with Gasteiger partial charge in [0.15, 0.2) is 11.5 Å². The lowest BCUT2D eigenvalue weighted by Crippen LogP contribution is -2.32. The van der Waals surface area contributed by atoms with Crippen molar-refractivity contribution in [1.82, 2.24) is 4.90 Å². The van der Waals surface area contributed by atoms with Gasteiger partial charge in [-0.3, -0.25) is 9.59 Å². The van der Waals surface area contributed by atoms with Crippen LogP contribution in [0, 0.1) is 5.82 Å². The molecule has 0 spiro atoms. The SMILES string of the molecule is COc1ccc(C(=O)N(CCCN)Cc2cccc(NC(=O)c3ccc(F)cc3)c2)cc1OC. The number of hydrogen-bond acceptors (Lipinski definition) is 5. The Kier molecular flexibility index (Phi) is 8.59. The van der Waals surface area contributed by atoms with Crippen LogP contribution in [0.1, 0.15) is 32.7 Å². The van der Waals surface area contributed by atoms with Crippen LogP contribution in [0.25, 0.3) is 0 Å². The first-order valence-corrected chi connectivity index (χ1v) is 10.8. The Morgan fingerprint density at radius 3 is 2.32 bits per heavy atom. The highest BCUT2D eigenvalue weighted by Gasteiger charge is 2.18. The molecule has 0 saturated heterocycles. The van der Waals surface area contributed by atoms with Crippen LogP contribution in [0.2, 0.25) is 0 Å². The van der Waals surface area contributed by atoms with E-state index in [1.54, 1.807) is 41.3 Å². The second kappa shape index (κ2) is 11.8. The van der Waals surface area contributed by atoms with Crippen molar-refractivity contribution in [3.8, 4) is 11.5 Å². The Hall–Kier alpha value is -3.91. The molecule has 3 aromatic carbocycles. The number of benzene rings is 3. The van der Waals surface area contributed by atoms with Crippen LogP contribution >= 0.6 is 0 Å². The molecule has 3 rings (SSSR count). The lowest BCUT2D eigenvalue weighted by molar-refractivity contribution is 0.0741. The number of carbonyl (C=O) groups excluding carboxylic acids is 2. The minimum Gasteiger partial charge on any atom is -0.493 e. The highest BCUT2D eigenvalue weighted by atomic mass is 19.1. The molecule has 0 bridgehead atoms. The molecular weight excluding hydrogens is 437 g/mol. The Morgan fingerprint density at radius 2 is 1.65 bits per heavy atom. The molecule has 7 nitrogen and oxygen atoms in total. The van der Waals surface area contributed by atoms with E-state index in [1.807, 2.05) is 6.07 Å². The van der Waals surface area contributed by atoms with Gasteiger partial charge in [0.05, 0.1) is 14.2 Å². The zero-order valence-electron chi connectivity index (χ0n) is 19.2. The fraction of sp³-hybridized carbons (Fsp3) is 0.231. The van der Waals surface area contributed by atoms with Gasteiger partial charge >= 0.3 is 0 Å². The van der Waals surface area contributed by atoms with E-state index in [9.17, 15) is 14.0 Å². The predicted octanol–water partition coefficient (Wildman–Crippen LogP) is 4.09. The van der Waals surface area contributed by atoms with Crippen LogP contribution in [0.5, 0.6) is 11.5 Å². The molecule has 178 valence electrons. The van der Waals surface area contributed by atoms with E-state index in [0.29, 0.717) is 54.4 Å². The molecule has 0 atom stereocenters. The second-order valence-corrected chi connectivity index (χ2v) is 7.60. The van der Waals surface area contributed by atoms with E-state index < -0.39 is 5.82 Å². The number of halogens is 1. The summed E-state index contributed by atoms with van der Waals surface area (Å²) < 4.78 is 23.7. The summed E-state index contributed by atoms with van der Waals surface area (Å²) in [5.74, 6) is 0.0822. The van der Waals surface area contributed by atoms with Crippen LogP contribution in [0.4, 0.5) is 10.1 Å². The van der Waals surface area contributed by atoms with Crippen molar-refractivity contribution in [2.75, 3.05) is 32.6 Å². The van der Waals surface area contributed by atoms with Gasteiger partial charge in [0.2, 0.25) is 0 Å². The van der Waals surface area contributed by atoms with Crippen molar-refractivity contribution >= 4 is 17.5 Å². The zero-order valence-corrected chi connectivity index (χ0v) is 19.2. The Bertz CT molecular complexity index is 1140. The molecule has 0 saturated carbocycles. The summed E-state index contributed by atoms with van der Waals surface area (Å²) in [5, 5.41) is 2.81. The third-order valence-electron chi connectivity index (χ3n) is 5.21. The predicted molar refractivity (Wildman–Crippen MR) is 129 cm³/mol. The molecular formula is C26H28FN3O4. The number of nitrogens with two attached hydrogens (primary N) is 1. The third-order valence-corrected chi connectivity index (χ3v) is 5.21. The molecule has 2 amide bonds. The normalized spacial score (nSPS) is 10.5. The zero-order chi connectivity index (χ0) is 24.5. The van der Waals surface area contributed by atoms with Crippen LogP contribution in [0.3, 0.4) is 0 Å². The Labute approximate surface area is 198 Å². The van der Waals surface area contributed by atoms with E-state index in [2.05, 4.69) is 5.32 Å². The molecule has 3 N–H and O–H groups in total. The first kappa shape index (κ1) is 24.7. The van der Waals surface area contributed by atoms with E-state index in [1.165, 1.54) is 38.5 Å². The molecule has 0 radical (unpaired) electrons. The van der Waals surface area contributed by atoms with Gasteiger partial charge in [0.25, 0.3) is 11.8 Å². The van der Waals surface area contributed by atoms with Crippen LogP contribution in [0.15, 0.2) is 66.7 Å². The van der Waals surface area contributed by atoms with Crippen molar-refractivity contribution in [3.63, 3.8) is 0 Å². The second-order valence-electron chi connectivity index (χ2n) is 7.60. The molecule has 8 heteroatoms. The van der Waals surface area contributed by atoms with E-state index >= 15 is 0 Å². The quantitative estimate of drug-likeness (QED) is 0.471. The number of methoxy groups -OCH3 is 2. The van der Waals surface area contributed by atoms with E-state index in [4.69, 9.17) is 15.2 Å². The minimum atomic E-state index is -0.407. The summed E-state index contributed by atoms with van der Waals surface area (Å²) in [6, 6.07) is 17.6. The number of nitrogens with one attached hydrogen (secondary N) is 1. The molecule has 3 aromatic rings. The number of rotatable bonds is 10. The third kappa shape index (κ3) is 6.32. The Morgan fingerprint density at radius 1 is 0.941 bits per heavy atom. The maximum absolute atomic E-state index is 13.3. The van der Waals surface area contributed by atoms with Crippen LogP contribution in [-0.2, 0) is 6.54 Å². The number of amides is 2. The topological polar surface area (TPSA) is 93.9 Å². The maximum Gasteiger partial charge on any atom is 0.255 e. The fourth-order valence-corrected chi connectivity index (χ4v) is 3.46. The maximum atomic E-state index is 13.3. The number of hydrogen-bond donors (Lipinski definition) is 2. The smallest absolute Gasteiger partial charge is 0.255 e. The first-order valence-electron chi connectivity index (χ1n) is 10.8. The summed E-state index contributed by atoms with van der Waals surface area (Å²) in [6.45, 7) is 1.24. The largest absolute Gasteiger partial charge is 0.493 e. The first-order chi connectivity index (χ1) is 16.4. The molecule has 0 fully saturated rings. The van der Waals surface area contributed by atoms with Gasteiger partial charge in [0.1, 0.15) is 5.82 Å². The summed E-state index contributed by atoms with van der Waals surface area (Å²) in [4.78, 5) is 27.5. The highest BCUT2D eigenvalue weighted by molar-refractivity contribution is 6.04. The summed E-state index contributed by atoms with van der Waals surface area (Å²) in [6.07, 6.45) is 0.639. The van der Waals surface area contributed by atoms with Gasteiger partial charge in [0, 0.05) is 29.9 Å². The van der Waals surface area contributed by atoms with Crippen LogP contribution in [-0.4, -0.2) is 44.0 Å². The molecule has 0 aliphatic heterocycles. The monoisotopic (exact) mass is 465 g/mol. The van der Waals surface area contributed by atoms with Crippen molar-refractivity contribution in [3.05, 3.63) is 89.2 Å². The minimum absolute atomic E-state index is 0.171. The van der Waals surface area contributed by atoms with Gasteiger partial charge in [-0.05, 0) is 73.1 Å². The standard InChI is InChI=1S/C26H28FN3O4/c1-33-23-12-9-20(16-24(23)34-2)26(32)30(14-4-13-28)17-18-5-3-6-22(15-18)29-25(31)19-7-10-21(27)11-8-19/h3,5-12,15-16H,4,13-14,17,28H2,1-2H3,(H,29,31). The van der Waals surface area contributed by atoms with E-state index in [0.717, 1.165) is 5.56 Å². The molecule has 0 aliphatic rings. The average Bonchev–Trinajstić information content (AvgIpc) is 2.86. The molecule has 0 unspecified atom stereocenters. The van der Waals surface area contributed by atoms with Crippen LogP contribution < -0.4 is 20.5 Å². The molecule has 0 heterocycles. The molecule has 0 aromatic heterocycles. The van der Waals surface area contributed by atoms with Gasteiger partial charge in [-0.25, -0.2) is 4.39 Å². The van der Waals surface area contributed by atoms with Gasteiger partial charge < -0.3 is 25.4 Å². The molecule has 0 aliphatic carbocycles. The lowest BCUT2D eigenvalue weighted by atomic mass is 10.1. The molecule has 34 heavy (non-hydrogen) atoms. The van der Waals surface area contributed by atoms with Crippen molar-refractivity contribution < 1.29 is 23.5 Å². The number of carbonyl (C=O) groups is 2. The highest BCUT2D eigenvalue weighted by Crippen LogP contribution is 2.28. The lowest BCUT2D eigenvalue weighted by Gasteiger charge is -2.23. The van der Waals surface area contributed by atoms with Gasteiger partial charge in [-0.15, -0.1) is 0 Å². The summed E-state index contributed by atoms with van der Waals surface area (Å²) in [5.41, 5.74) is 7.92. The van der Waals surface area contributed by atoms with Crippen molar-refractivity contribution in [2.45, 2.75) is 13.0 Å². The Balaban J connectivity index is 1.77. The number of ether oxygens (including phenoxy) is 2. The summed E-state index contributed by atoms with van der Waals surface area (Å²) in [7, 11) is 3.05. The number of anilines is 1. The van der Waals surface area contributed by atoms with E-state index in [-0.39, 0.29) is 11.8 Å². The average molecular weight is 466 g/mol.